The number of carbonyl (C=O) groups is 2. The fourth-order valence-corrected chi connectivity index (χ4v) is 3.76. The van der Waals surface area contributed by atoms with Crippen molar-refractivity contribution in [3.05, 3.63) is 76.7 Å². The SMILES string of the molecule is Cn1nc(-c2ccccc2)c2c3c(cnc21)C(=O)N(c1ccc(F)c(Cl)c1)C3=O. The number of halogens is 2. The molecular formula is C21H12ClFN4O2. The summed E-state index contributed by atoms with van der Waals surface area (Å²) < 4.78 is 15.1. The molecule has 0 bridgehead atoms. The van der Waals surface area contributed by atoms with E-state index in [1.54, 1.807) is 11.7 Å². The van der Waals surface area contributed by atoms with Crippen LogP contribution in [0, 0.1) is 5.82 Å². The quantitative estimate of drug-likeness (QED) is 0.467. The zero-order chi connectivity index (χ0) is 20.3. The maximum atomic E-state index is 13.6. The van der Waals surface area contributed by atoms with E-state index in [1.807, 2.05) is 30.3 Å². The van der Waals surface area contributed by atoms with Crippen LogP contribution in [0.3, 0.4) is 0 Å². The number of aryl methyl sites for hydroxylation is 1. The van der Waals surface area contributed by atoms with Crippen molar-refractivity contribution in [2.24, 2.45) is 7.05 Å². The maximum absolute atomic E-state index is 13.6. The van der Waals surface area contributed by atoms with Gasteiger partial charge in [0.15, 0.2) is 5.65 Å². The average molecular weight is 407 g/mol. The maximum Gasteiger partial charge on any atom is 0.267 e. The Hall–Kier alpha value is -3.58. The van der Waals surface area contributed by atoms with Crippen LogP contribution in [0.15, 0.2) is 54.7 Å². The van der Waals surface area contributed by atoms with Gasteiger partial charge in [-0.1, -0.05) is 41.9 Å². The van der Waals surface area contributed by atoms with Gasteiger partial charge in [-0.25, -0.2) is 19.0 Å². The highest BCUT2D eigenvalue weighted by atomic mass is 35.5. The summed E-state index contributed by atoms with van der Waals surface area (Å²) in [7, 11) is 1.73. The topological polar surface area (TPSA) is 68.1 Å². The fourth-order valence-electron chi connectivity index (χ4n) is 3.58. The van der Waals surface area contributed by atoms with Crippen LogP contribution in [0.4, 0.5) is 10.1 Å². The lowest BCUT2D eigenvalue weighted by Crippen LogP contribution is -2.29. The smallest absolute Gasteiger partial charge is 0.267 e. The van der Waals surface area contributed by atoms with E-state index in [0.29, 0.717) is 16.7 Å². The van der Waals surface area contributed by atoms with Gasteiger partial charge in [-0.2, -0.15) is 5.10 Å². The Morgan fingerprint density at radius 1 is 1.03 bits per heavy atom. The Morgan fingerprint density at radius 3 is 2.52 bits per heavy atom. The molecule has 0 spiro atoms. The minimum atomic E-state index is -0.630. The van der Waals surface area contributed by atoms with Crippen molar-refractivity contribution < 1.29 is 14.0 Å². The minimum absolute atomic E-state index is 0.173. The van der Waals surface area contributed by atoms with E-state index in [0.717, 1.165) is 16.5 Å². The Bertz CT molecular complexity index is 1330. The average Bonchev–Trinajstić information content (AvgIpc) is 3.19. The van der Waals surface area contributed by atoms with Crippen molar-refractivity contribution in [1.82, 2.24) is 14.8 Å². The normalized spacial score (nSPS) is 13.4. The van der Waals surface area contributed by atoms with E-state index in [4.69, 9.17) is 11.6 Å². The lowest BCUT2D eigenvalue weighted by molar-refractivity contribution is 0.0926. The number of aromatic nitrogens is 3. The first-order valence-electron chi connectivity index (χ1n) is 8.72. The first-order chi connectivity index (χ1) is 14.0. The van der Waals surface area contributed by atoms with Crippen molar-refractivity contribution in [2.45, 2.75) is 0 Å². The first kappa shape index (κ1) is 17.5. The van der Waals surface area contributed by atoms with Crippen LogP contribution >= 0.6 is 11.6 Å². The lowest BCUT2D eigenvalue weighted by Gasteiger charge is -2.14. The van der Waals surface area contributed by atoms with E-state index < -0.39 is 17.6 Å². The van der Waals surface area contributed by atoms with Gasteiger partial charge in [-0.05, 0) is 18.2 Å². The molecule has 0 unspecified atom stereocenters. The van der Waals surface area contributed by atoms with Crippen LogP contribution in [0.5, 0.6) is 0 Å². The zero-order valence-electron chi connectivity index (χ0n) is 15.1. The van der Waals surface area contributed by atoms with Crippen molar-refractivity contribution in [3.63, 3.8) is 0 Å². The summed E-state index contributed by atoms with van der Waals surface area (Å²) in [6.07, 6.45) is 1.37. The third kappa shape index (κ3) is 2.48. The molecule has 1 aliphatic heterocycles. The number of fused-ring (bicyclic) bond motifs is 3. The van der Waals surface area contributed by atoms with Gasteiger partial charge < -0.3 is 0 Å². The number of amides is 2. The number of anilines is 1. The van der Waals surface area contributed by atoms with Crippen LogP contribution in [0.25, 0.3) is 22.3 Å². The van der Waals surface area contributed by atoms with Crippen LogP contribution in [0.2, 0.25) is 5.02 Å². The van der Waals surface area contributed by atoms with Gasteiger partial charge in [0.05, 0.1) is 27.2 Å². The molecule has 2 aromatic carbocycles. The second-order valence-electron chi connectivity index (χ2n) is 6.63. The minimum Gasteiger partial charge on any atom is -0.268 e. The number of pyridine rings is 1. The molecule has 1 aliphatic rings. The Labute approximate surface area is 169 Å². The fraction of sp³-hybridized carbons (Fsp3) is 0.0476. The molecule has 0 saturated heterocycles. The molecule has 2 amide bonds. The Kier molecular flexibility index (Phi) is 3.75. The highest BCUT2D eigenvalue weighted by Gasteiger charge is 2.40. The molecule has 0 fully saturated rings. The van der Waals surface area contributed by atoms with Gasteiger partial charge in [-0.15, -0.1) is 0 Å². The molecule has 0 radical (unpaired) electrons. The predicted molar refractivity (Wildman–Crippen MR) is 106 cm³/mol. The highest BCUT2D eigenvalue weighted by molar-refractivity contribution is 6.38. The summed E-state index contributed by atoms with van der Waals surface area (Å²) >= 11 is 5.85. The summed E-state index contributed by atoms with van der Waals surface area (Å²) in [5, 5.41) is 4.85. The second-order valence-corrected chi connectivity index (χ2v) is 7.04. The third-order valence-corrected chi connectivity index (χ3v) is 5.20. The van der Waals surface area contributed by atoms with Crippen LogP contribution in [-0.2, 0) is 7.05 Å². The van der Waals surface area contributed by atoms with E-state index in [1.165, 1.54) is 18.3 Å². The summed E-state index contributed by atoms with van der Waals surface area (Å²) in [6.45, 7) is 0. The van der Waals surface area contributed by atoms with E-state index in [2.05, 4.69) is 10.1 Å². The second kappa shape index (κ2) is 6.22. The van der Waals surface area contributed by atoms with Gasteiger partial charge in [0, 0.05) is 18.8 Å². The van der Waals surface area contributed by atoms with Crippen LogP contribution in [0.1, 0.15) is 20.7 Å². The molecule has 5 rings (SSSR count). The van der Waals surface area contributed by atoms with E-state index in [9.17, 15) is 14.0 Å². The number of nitrogens with zero attached hydrogens (tertiary/aromatic N) is 4. The van der Waals surface area contributed by atoms with Crippen molar-refractivity contribution in [3.8, 4) is 11.3 Å². The van der Waals surface area contributed by atoms with E-state index >= 15 is 0 Å². The largest absolute Gasteiger partial charge is 0.268 e. The Morgan fingerprint density at radius 2 is 1.79 bits per heavy atom. The van der Waals surface area contributed by atoms with Gasteiger partial charge in [0.1, 0.15) is 11.5 Å². The molecular weight excluding hydrogens is 395 g/mol. The Balaban J connectivity index is 1.76. The molecule has 4 aromatic rings. The van der Waals surface area contributed by atoms with Crippen molar-refractivity contribution in [1.29, 1.82) is 0 Å². The molecule has 0 saturated carbocycles. The predicted octanol–water partition coefficient (Wildman–Crippen LogP) is 4.23. The molecule has 0 atom stereocenters. The number of hydrogen-bond donors (Lipinski definition) is 0. The molecule has 2 aromatic heterocycles. The first-order valence-corrected chi connectivity index (χ1v) is 9.10. The molecule has 0 aliphatic carbocycles. The number of hydrogen-bond acceptors (Lipinski definition) is 4. The molecule has 6 nitrogen and oxygen atoms in total. The van der Waals surface area contributed by atoms with Gasteiger partial charge >= 0.3 is 0 Å². The zero-order valence-corrected chi connectivity index (χ0v) is 15.8. The van der Waals surface area contributed by atoms with Crippen molar-refractivity contribution >= 4 is 40.1 Å². The van der Waals surface area contributed by atoms with Crippen molar-refractivity contribution in [2.75, 3.05) is 4.90 Å². The van der Waals surface area contributed by atoms with Crippen LogP contribution < -0.4 is 4.90 Å². The summed E-state index contributed by atoms with van der Waals surface area (Å²) in [4.78, 5) is 31.7. The number of carbonyl (C=O) groups excluding carboxylic acids is 2. The molecule has 29 heavy (non-hydrogen) atoms. The highest BCUT2D eigenvalue weighted by Crippen LogP contribution is 2.37. The number of rotatable bonds is 2. The van der Waals surface area contributed by atoms with Gasteiger partial charge in [0.25, 0.3) is 11.8 Å². The van der Waals surface area contributed by atoms with E-state index in [-0.39, 0.29) is 21.8 Å². The molecule has 0 N–H and O–H groups in total. The molecule has 142 valence electrons. The number of imide groups is 1. The van der Waals surface area contributed by atoms with Crippen LogP contribution in [-0.4, -0.2) is 26.6 Å². The molecule has 8 heteroatoms. The number of benzene rings is 2. The van der Waals surface area contributed by atoms with Gasteiger partial charge in [0.2, 0.25) is 0 Å². The monoisotopic (exact) mass is 406 g/mol. The standard InChI is InChI=1S/C21H12ClFN4O2/c1-26-19-17(18(25-26)11-5-3-2-4-6-11)16-13(10-24-19)20(28)27(21(16)29)12-7-8-15(23)14(22)9-12/h2-10H,1H3. The summed E-state index contributed by atoms with van der Waals surface area (Å²) in [5.41, 5.74) is 2.45. The summed E-state index contributed by atoms with van der Waals surface area (Å²) in [5.74, 6) is -1.69. The van der Waals surface area contributed by atoms with Gasteiger partial charge in [-0.3, -0.25) is 9.59 Å². The molecule has 3 heterocycles. The third-order valence-electron chi connectivity index (χ3n) is 4.91. The summed E-state index contributed by atoms with van der Waals surface area (Å²) in [6, 6.07) is 13.1. The lowest BCUT2D eigenvalue weighted by atomic mass is 10.0.